The van der Waals surface area contributed by atoms with Crippen LogP contribution in [0.25, 0.3) is 65.7 Å². The van der Waals surface area contributed by atoms with Crippen LogP contribution in [0.4, 0.5) is 17.1 Å². The van der Waals surface area contributed by atoms with Crippen molar-refractivity contribution in [3.8, 4) is 33.4 Å². The number of hydrogen-bond acceptors (Lipinski definition) is 1. The molecule has 0 aliphatic carbocycles. The fraction of sp³-hybridized carbons (Fsp3) is 0. The summed E-state index contributed by atoms with van der Waals surface area (Å²) in [4.78, 5) is 0.939. The van der Waals surface area contributed by atoms with Gasteiger partial charge in [-0.05, 0) is 108 Å². The number of benzene rings is 9. The molecule has 49 heavy (non-hydrogen) atoms. The van der Waals surface area contributed by atoms with Gasteiger partial charge in [0.05, 0.1) is 37.0 Å². The Kier molecular flexibility index (Phi) is 3.07. The molecule has 0 fully saturated rings. The Balaban J connectivity index is 1.38. The summed E-state index contributed by atoms with van der Waals surface area (Å²) >= 11 is 0. The lowest BCUT2D eigenvalue weighted by Gasteiger charge is -2.26. The van der Waals surface area contributed by atoms with E-state index in [-0.39, 0.29) is 43.9 Å². The summed E-state index contributed by atoms with van der Waals surface area (Å²) < 4.78 is 237. The van der Waals surface area contributed by atoms with E-state index in [9.17, 15) is 9.60 Å². The van der Waals surface area contributed by atoms with Crippen LogP contribution in [0, 0.1) is 0 Å². The van der Waals surface area contributed by atoms with Crippen LogP contribution >= 0.6 is 0 Å². The first-order valence-corrected chi connectivity index (χ1v) is 14.6. The molecule has 0 spiro atoms. The molecule has 0 amide bonds. The molecule has 0 atom stereocenters. The summed E-state index contributed by atoms with van der Waals surface area (Å²) in [5.41, 5.74) is -3.71. The highest BCUT2D eigenvalue weighted by Gasteiger charge is 2.15. The molecule has 230 valence electrons. The van der Waals surface area contributed by atoms with Gasteiger partial charge in [0.1, 0.15) is 0 Å². The molecular formula is C48H33N. The van der Waals surface area contributed by atoms with Crippen molar-refractivity contribution in [3.63, 3.8) is 0 Å². The van der Waals surface area contributed by atoms with E-state index in [1.54, 1.807) is 0 Å². The van der Waals surface area contributed by atoms with Gasteiger partial charge in [-0.3, -0.25) is 0 Å². The monoisotopic (exact) mass is 650 g/mol. The Hall–Kier alpha value is -6.44. The molecule has 9 aromatic rings. The van der Waals surface area contributed by atoms with Crippen molar-refractivity contribution in [3.05, 3.63) is 200 Å². The molecule has 0 aliphatic heterocycles. The van der Waals surface area contributed by atoms with Gasteiger partial charge in [-0.2, -0.15) is 0 Å². The van der Waals surface area contributed by atoms with Crippen LogP contribution in [0.1, 0.15) is 37.0 Å². The molecule has 9 rings (SSSR count). The zero-order valence-electron chi connectivity index (χ0n) is 51.9. The van der Waals surface area contributed by atoms with Gasteiger partial charge in [-0.1, -0.05) is 157 Å². The second-order valence-corrected chi connectivity index (χ2v) is 10.5. The van der Waals surface area contributed by atoms with Crippen LogP contribution in [-0.2, 0) is 0 Å². The molecule has 0 heterocycles. The highest BCUT2D eigenvalue weighted by atomic mass is 15.1. The number of rotatable bonds is 6. The molecule has 1 heteroatoms. The predicted molar refractivity (Wildman–Crippen MR) is 210 cm³/mol. The SMILES string of the molecule is [2H]c1cc(N(c2ccc(-c3c([2H])c([2H])c([2H])c4c([2H])c([2H])c([2H])c([2H])c34)c([2H])c2[2H])c2c([2H])cc(-c3cc4c([2H])c([2H])c([2H])c([2H])c4c4c([2H])c([2H])c([2H])c([2H])c34)c([2H])c2[2H])cc([2H])c1-c1c([2H])c([2H])c([2H])c([2H])c1[2H]. The van der Waals surface area contributed by atoms with Crippen molar-refractivity contribution >= 4 is 49.4 Å². The van der Waals surface area contributed by atoms with E-state index < -0.39 is 202 Å². The molecule has 1 nitrogen and oxygen atoms in total. The average molecular weight is 651 g/mol. The van der Waals surface area contributed by atoms with Crippen LogP contribution < -0.4 is 4.90 Å². The zero-order valence-corrected chi connectivity index (χ0v) is 24.9. The summed E-state index contributed by atoms with van der Waals surface area (Å²) in [6, 6.07) is -13.3. The minimum Gasteiger partial charge on any atom is -0.311 e. The van der Waals surface area contributed by atoms with Crippen molar-refractivity contribution in [2.75, 3.05) is 4.90 Å². The van der Waals surface area contributed by atoms with Crippen molar-refractivity contribution < 1.29 is 37.0 Å². The summed E-state index contributed by atoms with van der Waals surface area (Å²) in [7, 11) is 0. The highest BCUT2D eigenvalue weighted by molar-refractivity contribution is 6.13. The fourth-order valence-corrected chi connectivity index (χ4v) is 5.44. The second-order valence-electron chi connectivity index (χ2n) is 10.5. The number of nitrogens with zero attached hydrogens (tertiary/aromatic N) is 1. The van der Waals surface area contributed by atoms with Gasteiger partial charge in [0.25, 0.3) is 0 Å². The van der Waals surface area contributed by atoms with E-state index in [0.717, 1.165) is 41.3 Å². The predicted octanol–water partition coefficient (Wildman–Crippen LogP) is 13.6. The quantitative estimate of drug-likeness (QED) is 0.162. The lowest BCUT2D eigenvalue weighted by Crippen LogP contribution is -2.09. The second kappa shape index (κ2) is 12.3. The third-order valence-corrected chi connectivity index (χ3v) is 7.69. The van der Waals surface area contributed by atoms with Gasteiger partial charge >= 0.3 is 0 Å². The summed E-state index contributed by atoms with van der Waals surface area (Å²) in [5, 5.41) is -2.04. The van der Waals surface area contributed by atoms with Gasteiger partial charge in [0.15, 0.2) is 0 Å². The Morgan fingerprint density at radius 2 is 0.918 bits per heavy atom. The Bertz CT molecular complexity index is 4090. The van der Waals surface area contributed by atoms with E-state index >= 15 is 0 Å². The Morgan fingerprint density at radius 3 is 1.73 bits per heavy atom. The topological polar surface area (TPSA) is 3.24 Å². The van der Waals surface area contributed by atoms with E-state index in [1.807, 2.05) is 0 Å². The maximum absolute atomic E-state index is 9.62. The van der Waals surface area contributed by atoms with Crippen LogP contribution in [0.2, 0.25) is 0 Å². The summed E-state index contributed by atoms with van der Waals surface area (Å²) in [5.74, 6) is 0. The number of hydrogen-bond donors (Lipinski definition) is 0. The minimum atomic E-state index is -0.866. The highest BCUT2D eigenvalue weighted by Crippen LogP contribution is 2.40. The number of anilines is 3. The van der Waals surface area contributed by atoms with Crippen molar-refractivity contribution in [1.82, 2.24) is 0 Å². The smallest absolute Gasteiger partial charge is 0.0645 e. The van der Waals surface area contributed by atoms with Gasteiger partial charge in [0.2, 0.25) is 0 Å². The molecule has 0 aliphatic rings. The van der Waals surface area contributed by atoms with Crippen LogP contribution in [-0.4, -0.2) is 0 Å². The molecule has 0 bridgehead atoms. The molecule has 0 saturated carbocycles. The lowest BCUT2D eigenvalue weighted by atomic mass is 9.93. The normalized spacial score (nSPS) is 19.0. The maximum Gasteiger partial charge on any atom is 0.0645 e. The van der Waals surface area contributed by atoms with Crippen molar-refractivity contribution in [2.24, 2.45) is 0 Å². The first kappa shape index (κ1) is 12.2. The molecule has 0 saturated heterocycles. The Labute approximate surface area is 324 Å². The third kappa shape index (κ3) is 5.32. The molecule has 9 aromatic carbocycles. The molecular weight excluding hydrogens is 591 g/mol. The van der Waals surface area contributed by atoms with Crippen LogP contribution in [0.3, 0.4) is 0 Å². The summed E-state index contributed by atoms with van der Waals surface area (Å²) in [6.45, 7) is 0. The zero-order chi connectivity index (χ0) is 56.1. The summed E-state index contributed by atoms with van der Waals surface area (Å²) in [6.07, 6.45) is 0. The maximum atomic E-state index is 9.62. The minimum absolute atomic E-state index is 0.233. The van der Waals surface area contributed by atoms with Gasteiger partial charge in [-0.25, -0.2) is 0 Å². The molecule has 0 N–H and O–H groups in total. The largest absolute Gasteiger partial charge is 0.311 e. The van der Waals surface area contributed by atoms with Crippen molar-refractivity contribution in [2.45, 2.75) is 0 Å². The standard InChI is InChI=1S/C48H33N/c1-2-11-34(12-3-1)35-21-27-40(28-22-35)49(41-29-23-37(24-30-41)44-20-10-15-36-13-4-6-16-43(36)44)42-31-25-38(26-32-42)48-33-39-14-5-7-17-45(39)46-18-8-9-19-47(46)48/h1-33H/i1D,2D,3D,4D,5D,6D,7D,8D,9D,10D,11D,12D,13D,14D,15D,16D,17D,18D,19D,20D,21D,22D,23D,25D,29D,31D,32D. The van der Waals surface area contributed by atoms with E-state index in [2.05, 4.69) is 0 Å². The fourth-order valence-electron chi connectivity index (χ4n) is 5.44. The average Bonchev–Trinajstić information content (AvgIpc) is 3.39. The third-order valence-electron chi connectivity index (χ3n) is 7.69. The van der Waals surface area contributed by atoms with E-state index in [0.29, 0.717) is 0 Å². The van der Waals surface area contributed by atoms with Gasteiger partial charge in [0, 0.05) is 17.1 Å². The van der Waals surface area contributed by atoms with E-state index in [4.69, 9.17) is 27.4 Å². The van der Waals surface area contributed by atoms with Gasteiger partial charge < -0.3 is 4.90 Å². The Morgan fingerprint density at radius 1 is 0.306 bits per heavy atom. The first-order chi connectivity index (χ1) is 35.5. The molecule has 0 unspecified atom stereocenters. The number of fused-ring (bicyclic) bond motifs is 4. The van der Waals surface area contributed by atoms with E-state index in [1.165, 1.54) is 0 Å². The molecule has 0 aromatic heterocycles. The molecule has 0 radical (unpaired) electrons. The van der Waals surface area contributed by atoms with Crippen molar-refractivity contribution in [1.29, 1.82) is 0 Å². The lowest BCUT2D eigenvalue weighted by molar-refractivity contribution is 1.28. The van der Waals surface area contributed by atoms with Gasteiger partial charge in [-0.15, -0.1) is 0 Å². The van der Waals surface area contributed by atoms with Crippen LogP contribution in [0.5, 0.6) is 0 Å². The first-order valence-electron chi connectivity index (χ1n) is 28.1. The van der Waals surface area contributed by atoms with Crippen LogP contribution in [0.15, 0.2) is 200 Å².